The number of aromatic nitrogens is 2. The number of sulfonamides is 1. The topological polar surface area (TPSA) is 160 Å². The first-order valence-corrected chi connectivity index (χ1v) is 16.9. The van der Waals surface area contributed by atoms with E-state index in [-0.39, 0.29) is 41.2 Å². The number of nitro groups is 1. The van der Waals surface area contributed by atoms with Gasteiger partial charge in [-0.15, -0.1) is 11.8 Å². The lowest BCUT2D eigenvalue weighted by Crippen LogP contribution is -2.40. The molecule has 2 heterocycles. The van der Waals surface area contributed by atoms with E-state index >= 15 is 0 Å². The molecule has 1 unspecified atom stereocenters. The molecule has 0 saturated heterocycles. The summed E-state index contributed by atoms with van der Waals surface area (Å²) >= 11 is 1.64. The molecule has 1 atom stereocenters. The minimum absolute atomic E-state index is 0.0652. The van der Waals surface area contributed by atoms with E-state index in [1.807, 2.05) is 49.3 Å². The quantitative estimate of drug-likeness (QED) is 0.153. The van der Waals surface area contributed by atoms with Crippen LogP contribution in [-0.2, 0) is 27.7 Å². The van der Waals surface area contributed by atoms with Gasteiger partial charge in [0.1, 0.15) is 23.4 Å². The standard InChI is InChI=1S/C30H39N7O6S2/c1-30(2,3)43-29(38)36-16-14-24-26(18-36)31-20-32-28(24)34-45(41,42)23-11-12-25(27(17-23)37(39)40)33-21(13-15-35(4)5)19-44-22-9-7-6-8-10-22/h6-12,17,20-21,33H,13-16,18-19H2,1-5H3,(H,31,32,34). The number of rotatable bonds is 12. The van der Waals surface area contributed by atoms with Gasteiger partial charge in [0, 0.05) is 34.9 Å². The van der Waals surface area contributed by atoms with Crippen molar-refractivity contribution in [2.24, 2.45) is 0 Å². The van der Waals surface area contributed by atoms with Gasteiger partial charge in [0.05, 0.1) is 22.1 Å². The molecule has 0 aliphatic carbocycles. The van der Waals surface area contributed by atoms with Crippen molar-refractivity contribution in [3.63, 3.8) is 0 Å². The van der Waals surface area contributed by atoms with Crippen molar-refractivity contribution in [1.82, 2.24) is 19.8 Å². The van der Waals surface area contributed by atoms with Crippen LogP contribution in [0, 0.1) is 10.1 Å². The van der Waals surface area contributed by atoms with E-state index in [9.17, 15) is 23.3 Å². The summed E-state index contributed by atoms with van der Waals surface area (Å²) in [7, 11) is -0.337. The zero-order valence-electron chi connectivity index (χ0n) is 26.0. The highest BCUT2D eigenvalue weighted by Gasteiger charge is 2.30. The second-order valence-corrected chi connectivity index (χ2v) is 14.7. The maximum Gasteiger partial charge on any atom is 0.410 e. The van der Waals surface area contributed by atoms with E-state index in [0.717, 1.165) is 23.9 Å². The van der Waals surface area contributed by atoms with Crippen molar-refractivity contribution in [2.45, 2.75) is 61.6 Å². The number of nitrogens with zero attached hydrogens (tertiary/aromatic N) is 5. The molecule has 1 aliphatic rings. The summed E-state index contributed by atoms with van der Waals surface area (Å²) in [6.07, 6.45) is 1.74. The van der Waals surface area contributed by atoms with Gasteiger partial charge < -0.3 is 19.9 Å². The molecule has 2 aromatic carbocycles. The van der Waals surface area contributed by atoms with E-state index in [1.165, 1.54) is 23.4 Å². The van der Waals surface area contributed by atoms with Crippen molar-refractivity contribution in [3.8, 4) is 0 Å². The van der Waals surface area contributed by atoms with Crippen molar-refractivity contribution in [1.29, 1.82) is 0 Å². The molecule has 3 aromatic rings. The van der Waals surface area contributed by atoms with Crippen LogP contribution in [0.4, 0.5) is 22.0 Å². The van der Waals surface area contributed by atoms with E-state index in [2.05, 4.69) is 20.0 Å². The number of carbonyl (C=O) groups is 1. The summed E-state index contributed by atoms with van der Waals surface area (Å²) in [4.78, 5) is 36.8. The number of fused-ring (bicyclic) bond motifs is 1. The number of nitro benzene ring substituents is 1. The zero-order valence-corrected chi connectivity index (χ0v) is 27.7. The smallest absolute Gasteiger partial charge is 0.410 e. The molecule has 242 valence electrons. The molecule has 13 nitrogen and oxygen atoms in total. The Morgan fingerprint density at radius 2 is 1.91 bits per heavy atom. The molecule has 1 aromatic heterocycles. The van der Waals surface area contributed by atoms with E-state index in [0.29, 0.717) is 23.4 Å². The molecule has 0 radical (unpaired) electrons. The Hall–Kier alpha value is -3.95. The number of amides is 1. The molecule has 15 heteroatoms. The lowest BCUT2D eigenvalue weighted by Gasteiger charge is -2.31. The third-order valence-electron chi connectivity index (χ3n) is 6.84. The van der Waals surface area contributed by atoms with Crippen LogP contribution in [0.1, 0.15) is 38.4 Å². The van der Waals surface area contributed by atoms with Crippen LogP contribution in [-0.4, -0.2) is 83.8 Å². The average molecular weight is 658 g/mol. The number of ether oxygens (including phenoxy) is 1. The number of nitrogens with one attached hydrogen (secondary N) is 2. The minimum Gasteiger partial charge on any atom is -0.444 e. The highest BCUT2D eigenvalue weighted by atomic mass is 32.2. The lowest BCUT2D eigenvalue weighted by atomic mass is 10.1. The maximum atomic E-state index is 13.5. The van der Waals surface area contributed by atoms with Gasteiger partial charge in [-0.2, -0.15) is 0 Å². The summed E-state index contributed by atoms with van der Waals surface area (Å²) < 4.78 is 34.8. The molecule has 2 N–H and O–H groups in total. The lowest BCUT2D eigenvalue weighted by molar-refractivity contribution is -0.384. The predicted octanol–water partition coefficient (Wildman–Crippen LogP) is 5.00. The molecule has 1 amide bonds. The van der Waals surface area contributed by atoms with E-state index in [4.69, 9.17) is 4.74 Å². The van der Waals surface area contributed by atoms with Crippen LogP contribution >= 0.6 is 11.8 Å². The largest absolute Gasteiger partial charge is 0.444 e. The highest BCUT2D eigenvalue weighted by molar-refractivity contribution is 7.99. The Balaban J connectivity index is 1.53. The van der Waals surface area contributed by atoms with Gasteiger partial charge >= 0.3 is 6.09 Å². The molecule has 0 bridgehead atoms. The molecule has 0 saturated carbocycles. The summed E-state index contributed by atoms with van der Waals surface area (Å²) in [5.41, 5.74) is 0.259. The maximum absolute atomic E-state index is 13.5. The van der Waals surface area contributed by atoms with Crippen molar-refractivity contribution >= 4 is 45.1 Å². The zero-order chi connectivity index (χ0) is 32.8. The first kappa shape index (κ1) is 33.9. The molecule has 1 aliphatic heterocycles. The number of benzene rings is 2. The fourth-order valence-corrected chi connectivity index (χ4v) is 6.66. The van der Waals surface area contributed by atoms with Gasteiger partial charge in [0.2, 0.25) is 0 Å². The fraction of sp³-hybridized carbons (Fsp3) is 0.433. The van der Waals surface area contributed by atoms with Gasteiger partial charge in [-0.05, 0) is 78.5 Å². The summed E-state index contributed by atoms with van der Waals surface area (Å²) in [6, 6.07) is 13.6. The summed E-state index contributed by atoms with van der Waals surface area (Å²) in [5.74, 6) is 0.719. The van der Waals surface area contributed by atoms with Gasteiger partial charge in [0.25, 0.3) is 15.7 Å². The summed E-state index contributed by atoms with van der Waals surface area (Å²) in [5, 5.41) is 15.4. The Labute approximate surface area is 268 Å². The second kappa shape index (κ2) is 14.4. The third kappa shape index (κ3) is 9.52. The Kier molecular flexibility index (Phi) is 10.9. The number of anilines is 2. The van der Waals surface area contributed by atoms with Crippen LogP contribution < -0.4 is 10.0 Å². The van der Waals surface area contributed by atoms with E-state index in [1.54, 1.807) is 32.5 Å². The molecular weight excluding hydrogens is 619 g/mol. The Morgan fingerprint density at radius 3 is 2.58 bits per heavy atom. The number of hydrogen-bond acceptors (Lipinski definition) is 11. The minimum atomic E-state index is -4.26. The Morgan fingerprint density at radius 1 is 1.18 bits per heavy atom. The van der Waals surface area contributed by atoms with Gasteiger partial charge in [0.15, 0.2) is 0 Å². The van der Waals surface area contributed by atoms with Crippen LogP contribution in [0.25, 0.3) is 0 Å². The van der Waals surface area contributed by atoms with Crippen LogP contribution in [0.2, 0.25) is 0 Å². The first-order chi connectivity index (χ1) is 21.2. The van der Waals surface area contributed by atoms with Crippen LogP contribution in [0.3, 0.4) is 0 Å². The van der Waals surface area contributed by atoms with Crippen molar-refractivity contribution in [3.05, 3.63) is 76.2 Å². The SMILES string of the molecule is CN(C)CCC(CSc1ccccc1)Nc1ccc(S(=O)(=O)Nc2ncnc3c2CCN(C(=O)OC(C)(C)C)C3)cc1[N+](=O)[O-]. The Bertz CT molecular complexity index is 1610. The summed E-state index contributed by atoms with van der Waals surface area (Å²) in [6.45, 7) is 6.51. The fourth-order valence-electron chi connectivity index (χ4n) is 4.61. The van der Waals surface area contributed by atoms with Crippen molar-refractivity contribution in [2.75, 3.05) is 43.0 Å². The second-order valence-electron chi connectivity index (χ2n) is 11.9. The van der Waals surface area contributed by atoms with Gasteiger partial charge in [-0.3, -0.25) is 14.8 Å². The average Bonchev–Trinajstić information content (AvgIpc) is 2.97. The highest BCUT2D eigenvalue weighted by Crippen LogP contribution is 2.32. The monoisotopic (exact) mass is 657 g/mol. The molecule has 4 rings (SSSR count). The number of thioether (sulfide) groups is 1. The first-order valence-electron chi connectivity index (χ1n) is 14.4. The van der Waals surface area contributed by atoms with Gasteiger partial charge in [-0.25, -0.2) is 23.2 Å². The van der Waals surface area contributed by atoms with Crippen LogP contribution in [0.5, 0.6) is 0 Å². The number of carbonyl (C=O) groups excluding carboxylic acids is 1. The molecule has 0 fully saturated rings. The molecular formula is C30H39N7O6S2. The van der Waals surface area contributed by atoms with Crippen molar-refractivity contribution < 1.29 is 22.9 Å². The van der Waals surface area contributed by atoms with E-state index < -0.39 is 26.6 Å². The third-order valence-corrected chi connectivity index (χ3v) is 9.36. The number of hydrogen-bond donors (Lipinski definition) is 2. The predicted molar refractivity (Wildman–Crippen MR) is 174 cm³/mol. The van der Waals surface area contributed by atoms with Crippen LogP contribution in [0.15, 0.2) is 64.6 Å². The normalized spacial score (nSPS) is 14.0. The molecule has 45 heavy (non-hydrogen) atoms. The van der Waals surface area contributed by atoms with Gasteiger partial charge in [-0.1, -0.05) is 18.2 Å². The molecule has 0 spiro atoms.